The van der Waals surface area contributed by atoms with Crippen LogP contribution in [0.25, 0.3) is 11.5 Å². The zero-order valence-electron chi connectivity index (χ0n) is 8.77. The van der Waals surface area contributed by atoms with Crippen LogP contribution < -0.4 is 10.5 Å². The highest BCUT2D eigenvalue weighted by atomic mass is 19.3. The van der Waals surface area contributed by atoms with Crippen molar-refractivity contribution in [2.75, 3.05) is 0 Å². The first-order chi connectivity index (χ1) is 8.20. The number of rotatable bonds is 4. The van der Waals surface area contributed by atoms with Crippen molar-refractivity contribution in [3.8, 4) is 17.2 Å². The molecule has 1 aromatic heterocycles. The Kier molecular flexibility index (Phi) is 3.34. The largest absolute Gasteiger partial charge is 0.444 e. The van der Waals surface area contributed by atoms with E-state index in [1.165, 1.54) is 12.3 Å². The third-order valence-corrected chi connectivity index (χ3v) is 2.09. The van der Waals surface area contributed by atoms with E-state index < -0.39 is 6.61 Å². The Morgan fingerprint density at radius 3 is 2.76 bits per heavy atom. The topological polar surface area (TPSA) is 61.3 Å². The summed E-state index contributed by atoms with van der Waals surface area (Å²) in [5.74, 6) is 0.231. The molecule has 2 rings (SSSR count). The number of alkyl halides is 2. The van der Waals surface area contributed by atoms with Gasteiger partial charge >= 0.3 is 6.61 Å². The standard InChI is InChI=1S/C11H10F2N2O2/c12-11(13)17-9-4-2-1-3-8(9)10-15-7(5-14)6-16-10/h1-4,6,11H,5,14H2. The molecule has 0 saturated carbocycles. The van der Waals surface area contributed by atoms with E-state index in [-0.39, 0.29) is 18.2 Å². The fourth-order valence-corrected chi connectivity index (χ4v) is 1.37. The van der Waals surface area contributed by atoms with Gasteiger partial charge in [0.1, 0.15) is 12.0 Å². The molecule has 17 heavy (non-hydrogen) atoms. The summed E-state index contributed by atoms with van der Waals surface area (Å²) in [5, 5.41) is 0. The number of aromatic nitrogens is 1. The van der Waals surface area contributed by atoms with Gasteiger partial charge in [0.2, 0.25) is 5.89 Å². The Morgan fingerprint density at radius 2 is 2.12 bits per heavy atom. The molecular weight excluding hydrogens is 230 g/mol. The number of hydrogen-bond donors (Lipinski definition) is 1. The summed E-state index contributed by atoms with van der Waals surface area (Å²) in [7, 11) is 0. The zero-order valence-corrected chi connectivity index (χ0v) is 8.77. The minimum atomic E-state index is -2.89. The predicted molar refractivity (Wildman–Crippen MR) is 56.5 cm³/mol. The lowest BCUT2D eigenvalue weighted by Gasteiger charge is -2.07. The van der Waals surface area contributed by atoms with Gasteiger partial charge in [-0.1, -0.05) is 12.1 Å². The minimum absolute atomic E-state index is 0.0212. The van der Waals surface area contributed by atoms with Crippen molar-refractivity contribution >= 4 is 0 Å². The van der Waals surface area contributed by atoms with Gasteiger partial charge in [0.15, 0.2) is 0 Å². The number of para-hydroxylation sites is 1. The molecule has 0 fully saturated rings. The molecule has 2 N–H and O–H groups in total. The zero-order chi connectivity index (χ0) is 12.3. The molecule has 0 aliphatic rings. The van der Waals surface area contributed by atoms with Crippen LogP contribution >= 0.6 is 0 Å². The lowest BCUT2D eigenvalue weighted by molar-refractivity contribution is -0.0495. The molecular formula is C11H10F2N2O2. The second-order valence-electron chi connectivity index (χ2n) is 3.22. The van der Waals surface area contributed by atoms with E-state index in [0.29, 0.717) is 11.3 Å². The van der Waals surface area contributed by atoms with Crippen LogP contribution in [0.4, 0.5) is 8.78 Å². The summed E-state index contributed by atoms with van der Waals surface area (Å²) in [6.45, 7) is -2.67. The van der Waals surface area contributed by atoms with Crippen LogP contribution in [-0.4, -0.2) is 11.6 Å². The number of halogens is 2. The molecule has 0 aliphatic carbocycles. The lowest BCUT2D eigenvalue weighted by Crippen LogP contribution is -2.03. The quantitative estimate of drug-likeness (QED) is 0.891. The van der Waals surface area contributed by atoms with E-state index in [1.54, 1.807) is 18.2 Å². The van der Waals surface area contributed by atoms with Gasteiger partial charge in [0.05, 0.1) is 11.3 Å². The van der Waals surface area contributed by atoms with Crippen LogP contribution in [0, 0.1) is 0 Å². The molecule has 0 atom stereocenters. The van der Waals surface area contributed by atoms with E-state index in [4.69, 9.17) is 10.2 Å². The van der Waals surface area contributed by atoms with Crippen LogP contribution in [0.5, 0.6) is 5.75 Å². The summed E-state index contributed by atoms with van der Waals surface area (Å²) >= 11 is 0. The number of nitrogens with zero attached hydrogens (tertiary/aromatic N) is 1. The van der Waals surface area contributed by atoms with Crippen molar-refractivity contribution in [2.45, 2.75) is 13.2 Å². The van der Waals surface area contributed by atoms with Crippen molar-refractivity contribution < 1.29 is 17.9 Å². The van der Waals surface area contributed by atoms with Crippen LogP contribution in [0.1, 0.15) is 5.69 Å². The third-order valence-electron chi connectivity index (χ3n) is 2.09. The summed E-state index contributed by atoms with van der Waals surface area (Å²) in [6, 6.07) is 6.28. The van der Waals surface area contributed by atoms with Gasteiger partial charge in [-0.3, -0.25) is 0 Å². The van der Waals surface area contributed by atoms with Gasteiger partial charge in [-0.25, -0.2) is 4.98 Å². The molecule has 1 heterocycles. The van der Waals surface area contributed by atoms with Crippen molar-refractivity contribution in [1.29, 1.82) is 0 Å². The third kappa shape index (κ3) is 2.59. The maximum atomic E-state index is 12.2. The first-order valence-corrected chi connectivity index (χ1v) is 4.89. The second kappa shape index (κ2) is 4.92. The first-order valence-electron chi connectivity index (χ1n) is 4.89. The van der Waals surface area contributed by atoms with E-state index in [1.807, 2.05) is 0 Å². The molecule has 4 nitrogen and oxygen atoms in total. The van der Waals surface area contributed by atoms with Crippen LogP contribution in [0.3, 0.4) is 0 Å². The molecule has 0 saturated heterocycles. The smallest absolute Gasteiger partial charge is 0.387 e. The molecule has 0 aliphatic heterocycles. The number of oxazole rings is 1. The Balaban J connectivity index is 2.36. The average molecular weight is 240 g/mol. The molecule has 0 bridgehead atoms. The molecule has 2 aromatic rings. The fraction of sp³-hybridized carbons (Fsp3) is 0.182. The average Bonchev–Trinajstić information content (AvgIpc) is 2.77. The van der Waals surface area contributed by atoms with E-state index >= 15 is 0 Å². The van der Waals surface area contributed by atoms with Gasteiger partial charge in [0.25, 0.3) is 0 Å². The van der Waals surface area contributed by atoms with Crippen molar-refractivity contribution in [3.05, 3.63) is 36.2 Å². The summed E-state index contributed by atoms with van der Waals surface area (Å²) in [5.41, 5.74) is 6.30. The SMILES string of the molecule is NCc1coc(-c2ccccc2OC(F)F)n1. The second-order valence-corrected chi connectivity index (χ2v) is 3.22. The fourth-order valence-electron chi connectivity index (χ4n) is 1.37. The first kappa shape index (κ1) is 11.5. The summed E-state index contributed by atoms with van der Waals surface area (Å²) in [4.78, 5) is 4.05. The molecule has 6 heteroatoms. The van der Waals surface area contributed by atoms with Gasteiger partial charge in [-0.2, -0.15) is 8.78 Å². The minimum Gasteiger partial charge on any atom is -0.444 e. The Bertz CT molecular complexity index is 500. The van der Waals surface area contributed by atoms with E-state index in [0.717, 1.165) is 0 Å². The van der Waals surface area contributed by atoms with Gasteiger partial charge in [0, 0.05) is 6.54 Å². The Hall–Kier alpha value is -1.95. The molecule has 1 aromatic carbocycles. The highest BCUT2D eigenvalue weighted by Gasteiger charge is 2.14. The molecule has 0 amide bonds. The maximum Gasteiger partial charge on any atom is 0.387 e. The number of nitrogens with two attached hydrogens (primary N) is 1. The van der Waals surface area contributed by atoms with Crippen LogP contribution in [0.15, 0.2) is 34.9 Å². The molecule has 0 radical (unpaired) electrons. The van der Waals surface area contributed by atoms with Crippen molar-refractivity contribution in [3.63, 3.8) is 0 Å². The predicted octanol–water partition coefficient (Wildman–Crippen LogP) is 2.40. The Labute approximate surface area is 96.0 Å². The van der Waals surface area contributed by atoms with Crippen molar-refractivity contribution in [1.82, 2.24) is 4.98 Å². The lowest BCUT2D eigenvalue weighted by atomic mass is 10.2. The summed E-state index contributed by atoms with van der Waals surface area (Å²) in [6.07, 6.45) is 1.38. The summed E-state index contributed by atoms with van der Waals surface area (Å²) < 4.78 is 33.9. The number of benzene rings is 1. The van der Waals surface area contributed by atoms with Gasteiger partial charge < -0.3 is 14.9 Å². The van der Waals surface area contributed by atoms with Crippen molar-refractivity contribution in [2.24, 2.45) is 5.73 Å². The maximum absolute atomic E-state index is 12.2. The molecule has 90 valence electrons. The van der Waals surface area contributed by atoms with E-state index in [2.05, 4.69) is 9.72 Å². The monoisotopic (exact) mass is 240 g/mol. The van der Waals surface area contributed by atoms with Gasteiger partial charge in [-0.15, -0.1) is 0 Å². The van der Waals surface area contributed by atoms with Crippen LogP contribution in [0.2, 0.25) is 0 Å². The normalized spacial score (nSPS) is 10.8. The Morgan fingerprint density at radius 1 is 1.35 bits per heavy atom. The van der Waals surface area contributed by atoms with E-state index in [9.17, 15) is 8.78 Å². The van der Waals surface area contributed by atoms with Gasteiger partial charge in [-0.05, 0) is 12.1 Å². The van der Waals surface area contributed by atoms with Crippen LogP contribution in [-0.2, 0) is 6.54 Å². The number of ether oxygens (including phenoxy) is 1. The molecule has 0 unspecified atom stereocenters. The molecule has 0 spiro atoms. The number of hydrogen-bond acceptors (Lipinski definition) is 4. The highest BCUT2D eigenvalue weighted by Crippen LogP contribution is 2.30. The highest BCUT2D eigenvalue weighted by molar-refractivity contribution is 5.62.